The van der Waals surface area contributed by atoms with Crippen LogP contribution in [-0.4, -0.2) is 63.2 Å². The maximum Gasteiger partial charge on any atom is 0.508 e. The Labute approximate surface area is 169 Å². The molecule has 0 bridgehead atoms. The second-order valence-corrected chi connectivity index (χ2v) is 6.66. The molecule has 0 radical (unpaired) electrons. The molecule has 1 fully saturated rings. The zero-order valence-electron chi connectivity index (χ0n) is 15.9. The molecule has 30 heavy (non-hydrogen) atoms. The van der Waals surface area contributed by atoms with Crippen LogP contribution in [-0.2, 0) is 19.0 Å². The van der Waals surface area contributed by atoms with Gasteiger partial charge in [0.1, 0.15) is 18.5 Å². The number of aliphatic hydroxyl groups is 1. The summed E-state index contributed by atoms with van der Waals surface area (Å²) in [5.41, 5.74) is 4.23. The third-order valence-corrected chi connectivity index (χ3v) is 4.35. The Morgan fingerprint density at radius 3 is 2.63 bits per heavy atom. The Balaban J connectivity index is 1.78. The third-order valence-electron chi connectivity index (χ3n) is 4.35. The van der Waals surface area contributed by atoms with E-state index in [1.807, 2.05) is 0 Å². The molecule has 3 atom stereocenters. The first-order valence-corrected chi connectivity index (χ1v) is 9.20. The number of nitrogens with zero attached hydrogens (tertiary/aromatic N) is 2. The number of ether oxygens (including phenoxy) is 3. The van der Waals surface area contributed by atoms with Crippen molar-refractivity contribution in [2.24, 2.45) is 0 Å². The van der Waals surface area contributed by atoms with Crippen LogP contribution in [0, 0.1) is 0 Å². The minimum absolute atomic E-state index is 0.00523. The summed E-state index contributed by atoms with van der Waals surface area (Å²) in [6.07, 6.45) is -3.90. The summed E-state index contributed by atoms with van der Waals surface area (Å²) in [7, 11) is 0. The summed E-state index contributed by atoms with van der Waals surface area (Å²) in [5, 5.41) is 18.3. The van der Waals surface area contributed by atoms with Gasteiger partial charge in [-0.05, 0) is 18.9 Å². The number of carbonyl (C=O) groups is 2. The van der Waals surface area contributed by atoms with Gasteiger partial charge in [0.25, 0.3) is 0 Å². The van der Waals surface area contributed by atoms with Crippen LogP contribution in [0.2, 0.25) is 0 Å². The number of hydrogen-bond acceptors (Lipinski definition) is 9. The zero-order valence-corrected chi connectivity index (χ0v) is 15.9. The average molecular weight is 435 g/mol. The van der Waals surface area contributed by atoms with E-state index in [2.05, 4.69) is 4.98 Å². The van der Waals surface area contributed by atoms with Gasteiger partial charge in [-0.1, -0.05) is 12.8 Å². The quantitative estimate of drug-likeness (QED) is 0.355. The number of carbonyl (C=O) groups excluding carboxylic acids is 1. The molecule has 0 saturated carbocycles. The highest BCUT2D eigenvalue weighted by molar-refractivity contribution is 5.66. The lowest BCUT2D eigenvalue weighted by atomic mass is 10.1. The highest BCUT2D eigenvalue weighted by Crippen LogP contribution is 2.42. The van der Waals surface area contributed by atoms with E-state index in [0.717, 1.165) is 12.3 Å². The minimum Gasteiger partial charge on any atom is -0.481 e. The standard InChI is InChI=1S/C17H23F2N3O8/c18-17(19)13(25)10(30-14(17)22-7-6-11(20)21-15(22)26)9-29-16(27)28-8-4-2-1-3-5-12(23)24/h6-7,10,13-14,25H,1-5,8-9H2,(H,23,24)(H2,20,21,26)/t10-,13-,14-/m1/s1. The van der Waals surface area contributed by atoms with E-state index in [4.69, 9.17) is 25.1 Å². The first-order valence-electron chi connectivity index (χ1n) is 9.20. The number of unbranched alkanes of at least 4 members (excludes halogenated alkanes) is 3. The van der Waals surface area contributed by atoms with Gasteiger partial charge in [0.05, 0.1) is 6.61 Å². The largest absolute Gasteiger partial charge is 0.508 e. The number of anilines is 1. The minimum atomic E-state index is -3.85. The molecule has 4 N–H and O–H groups in total. The van der Waals surface area contributed by atoms with Gasteiger partial charge in [0, 0.05) is 12.6 Å². The number of rotatable bonds is 10. The second-order valence-electron chi connectivity index (χ2n) is 6.66. The lowest BCUT2D eigenvalue weighted by Gasteiger charge is -2.20. The Hall–Kier alpha value is -2.80. The lowest BCUT2D eigenvalue weighted by molar-refractivity contribution is -0.141. The molecule has 0 aromatic carbocycles. The van der Waals surface area contributed by atoms with E-state index < -0.39 is 48.8 Å². The molecule has 1 aliphatic rings. The van der Waals surface area contributed by atoms with Crippen molar-refractivity contribution in [1.82, 2.24) is 9.55 Å². The number of hydrogen-bond donors (Lipinski definition) is 3. The summed E-state index contributed by atoms with van der Waals surface area (Å²) in [5.74, 6) is -4.89. The maximum atomic E-state index is 14.3. The predicted octanol–water partition coefficient (Wildman–Crippen LogP) is 0.907. The van der Waals surface area contributed by atoms with Crippen LogP contribution in [0.25, 0.3) is 0 Å². The van der Waals surface area contributed by atoms with Gasteiger partial charge in [0.2, 0.25) is 6.23 Å². The number of aliphatic hydroxyl groups excluding tert-OH is 1. The van der Waals surface area contributed by atoms with E-state index in [1.54, 1.807) is 0 Å². The van der Waals surface area contributed by atoms with Crippen LogP contribution < -0.4 is 11.4 Å². The molecule has 1 aliphatic heterocycles. The van der Waals surface area contributed by atoms with E-state index in [-0.39, 0.29) is 18.8 Å². The topological polar surface area (TPSA) is 163 Å². The number of nitrogens with two attached hydrogens (primary N) is 1. The first kappa shape index (κ1) is 23.5. The van der Waals surface area contributed by atoms with Crippen molar-refractivity contribution in [3.05, 3.63) is 22.7 Å². The van der Waals surface area contributed by atoms with E-state index >= 15 is 0 Å². The number of nitrogen functional groups attached to an aromatic ring is 1. The van der Waals surface area contributed by atoms with Crippen molar-refractivity contribution in [3.63, 3.8) is 0 Å². The molecule has 1 aromatic rings. The van der Waals surface area contributed by atoms with Gasteiger partial charge in [-0.2, -0.15) is 13.8 Å². The molecule has 1 aromatic heterocycles. The molecule has 2 rings (SSSR count). The summed E-state index contributed by atoms with van der Waals surface area (Å²) in [6.45, 7) is -0.715. The number of aliphatic carboxylic acids is 1. The monoisotopic (exact) mass is 435 g/mol. The van der Waals surface area contributed by atoms with E-state index in [9.17, 15) is 28.3 Å². The van der Waals surface area contributed by atoms with E-state index in [1.165, 1.54) is 0 Å². The second kappa shape index (κ2) is 10.3. The average Bonchev–Trinajstić information content (AvgIpc) is 2.89. The molecular weight excluding hydrogens is 412 g/mol. The van der Waals surface area contributed by atoms with Gasteiger partial charge in [-0.25, -0.2) is 9.59 Å². The smallest absolute Gasteiger partial charge is 0.481 e. The van der Waals surface area contributed by atoms with Gasteiger partial charge >= 0.3 is 23.7 Å². The Kier molecular flexibility index (Phi) is 8.06. The van der Waals surface area contributed by atoms with Crippen molar-refractivity contribution in [3.8, 4) is 0 Å². The molecule has 168 valence electrons. The molecule has 1 saturated heterocycles. The Morgan fingerprint density at radius 1 is 1.27 bits per heavy atom. The van der Waals surface area contributed by atoms with Crippen molar-refractivity contribution in [2.75, 3.05) is 18.9 Å². The first-order chi connectivity index (χ1) is 14.1. The van der Waals surface area contributed by atoms with Crippen LogP contribution in [0.4, 0.5) is 19.4 Å². The fourth-order valence-electron chi connectivity index (χ4n) is 2.79. The van der Waals surface area contributed by atoms with Crippen LogP contribution in [0.1, 0.15) is 38.3 Å². The van der Waals surface area contributed by atoms with Crippen molar-refractivity contribution >= 4 is 17.9 Å². The SMILES string of the molecule is Nc1ccn([C@@H]2O[C@H](COC(=O)OCCCCCCC(=O)O)[C@@H](O)C2(F)F)c(=O)n1. The molecule has 11 nitrogen and oxygen atoms in total. The molecule has 2 heterocycles. The Morgan fingerprint density at radius 2 is 1.97 bits per heavy atom. The summed E-state index contributed by atoms with van der Waals surface area (Å²) >= 11 is 0. The number of alkyl halides is 2. The van der Waals surface area contributed by atoms with Crippen LogP contribution in [0.3, 0.4) is 0 Å². The molecule has 0 aliphatic carbocycles. The van der Waals surface area contributed by atoms with Crippen molar-refractivity contribution in [2.45, 2.75) is 56.5 Å². The summed E-state index contributed by atoms with van der Waals surface area (Å²) < 4.78 is 43.7. The number of halogens is 2. The van der Waals surface area contributed by atoms with E-state index in [0.29, 0.717) is 30.3 Å². The van der Waals surface area contributed by atoms with Crippen LogP contribution in [0.5, 0.6) is 0 Å². The fraction of sp³-hybridized carbons (Fsp3) is 0.647. The fourth-order valence-corrected chi connectivity index (χ4v) is 2.79. The van der Waals surface area contributed by atoms with Crippen LogP contribution in [0.15, 0.2) is 17.1 Å². The number of carboxylic acids is 1. The highest BCUT2D eigenvalue weighted by Gasteiger charge is 2.60. The van der Waals surface area contributed by atoms with Crippen molar-refractivity contribution < 1.29 is 42.8 Å². The normalized spacial score (nSPS) is 22.6. The molecule has 0 amide bonds. The third kappa shape index (κ3) is 6.10. The number of carboxylic acid groups (broad SMARTS) is 1. The molecule has 0 unspecified atom stereocenters. The van der Waals surface area contributed by atoms with Gasteiger partial charge in [0.15, 0.2) is 6.10 Å². The predicted molar refractivity (Wildman–Crippen MR) is 95.8 cm³/mol. The van der Waals surface area contributed by atoms with Gasteiger partial charge in [-0.3, -0.25) is 9.36 Å². The maximum absolute atomic E-state index is 14.3. The molecular formula is C17H23F2N3O8. The lowest BCUT2D eigenvalue weighted by Crippen LogP contribution is -2.42. The summed E-state index contributed by atoms with van der Waals surface area (Å²) in [6, 6.07) is 1.12. The van der Waals surface area contributed by atoms with Crippen LogP contribution >= 0.6 is 0 Å². The molecule has 13 heteroatoms. The van der Waals surface area contributed by atoms with Gasteiger partial charge < -0.3 is 30.2 Å². The number of aromatic nitrogens is 2. The zero-order chi connectivity index (χ0) is 22.3. The van der Waals surface area contributed by atoms with Gasteiger partial charge in [-0.15, -0.1) is 0 Å². The highest BCUT2D eigenvalue weighted by atomic mass is 19.3. The Bertz CT molecular complexity index is 803. The summed E-state index contributed by atoms with van der Waals surface area (Å²) in [4.78, 5) is 37.0. The van der Waals surface area contributed by atoms with Crippen molar-refractivity contribution in [1.29, 1.82) is 0 Å². The molecule has 0 spiro atoms.